The molecule has 41 heavy (non-hydrogen) atoms. The predicted octanol–water partition coefficient (Wildman–Crippen LogP) is 6.21. The number of piperidine rings is 1. The van der Waals surface area contributed by atoms with Gasteiger partial charge in [0.05, 0.1) is 16.8 Å². The maximum atomic E-state index is 13.5. The molecule has 0 bridgehead atoms. The third kappa shape index (κ3) is 8.98. The van der Waals surface area contributed by atoms with Crippen molar-refractivity contribution in [1.82, 2.24) is 20.2 Å². The number of likely N-dealkylation sites (tertiary alicyclic amines) is 1. The number of ether oxygens (including phenoxy) is 2. The van der Waals surface area contributed by atoms with E-state index in [4.69, 9.17) is 9.47 Å². The van der Waals surface area contributed by atoms with Gasteiger partial charge in [-0.2, -0.15) is 17.6 Å². The predicted molar refractivity (Wildman–Crippen MR) is 146 cm³/mol. The standard InChI is InChI=1S/C27H31F4N5O4S/c1-26(2,3)40-25(38)34-20(14-36-8-6-19(7-9-36)27(29,30)31)15-39-24(37)35-23-33-13-21(41-23)16-4-5-17-12-32-22(28)11-18(17)10-16/h4-5,10-13,19-20H,6-9,14-15H2,1-3H3,(H,34,38)(H,33,35,37)/t20-/m0/s1. The molecule has 1 fully saturated rings. The Kier molecular flexibility index (Phi) is 9.32. The number of amides is 2. The van der Waals surface area contributed by atoms with Crippen molar-refractivity contribution in [3.05, 3.63) is 42.6 Å². The highest BCUT2D eigenvalue weighted by atomic mass is 32.1. The minimum Gasteiger partial charge on any atom is -0.447 e. The highest BCUT2D eigenvalue weighted by Crippen LogP contribution is 2.34. The Bertz CT molecular complexity index is 1370. The van der Waals surface area contributed by atoms with Crippen LogP contribution in [0, 0.1) is 11.9 Å². The minimum absolute atomic E-state index is 0.0422. The molecule has 14 heteroatoms. The van der Waals surface area contributed by atoms with E-state index < -0.39 is 41.9 Å². The molecule has 4 rings (SSSR count). The van der Waals surface area contributed by atoms with Gasteiger partial charge in [0.15, 0.2) is 5.13 Å². The summed E-state index contributed by atoms with van der Waals surface area (Å²) in [5.41, 5.74) is 0.00856. The van der Waals surface area contributed by atoms with Crippen LogP contribution in [0.25, 0.3) is 21.2 Å². The summed E-state index contributed by atoms with van der Waals surface area (Å²) in [7, 11) is 0. The van der Waals surface area contributed by atoms with E-state index in [-0.39, 0.29) is 44.2 Å². The largest absolute Gasteiger partial charge is 0.447 e. The number of alkyl halides is 3. The smallest absolute Gasteiger partial charge is 0.413 e. The van der Waals surface area contributed by atoms with Gasteiger partial charge in [-0.3, -0.25) is 5.32 Å². The molecule has 1 aromatic carbocycles. The molecule has 0 unspecified atom stereocenters. The second kappa shape index (κ2) is 12.6. The zero-order valence-electron chi connectivity index (χ0n) is 22.8. The summed E-state index contributed by atoms with van der Waals surface area (Å²) in [5.74, 6) is -1.94. The van der Waals surface area contributed by atoms with Crippen LogP contribution in [-0.4, -0.2) is 71.1 Å². The number of hydrogen-bond donors (Lipinski definition) is 2. The van der Waals surface area contributed by atoms with Crippen molar-refractivity contribution >= 4 is 39.4 Å². The van der Waals surface area contributed by atoms with E-state index in [0.717, 1.165) is 15.8 Å². The van der Waals surface area contributed by atoms with Crippen LogP contribution in [0.4, 0.5) is 32.3 Å². The first-order valence-electron chi connectivity index (χ1n) is 13.0. The van der Waals surface area contributed by atoms with Crippen molar-refractivity contribution in [1.29, 1.82) is 0 Å². The van der Waals surface area contributed by atoms with Gasteiger partial charge in [0, 0.05) is 30.4 Å². The van der Waals surface area contributed by atoms with Gasteiger partial charge in [0.25, 0.3) is 0 Å². The lowest BCUT2D eigenvalue weighted by Crippen LogP contribution is -2.50. The Balaban J connectivity index is 1.34. The molecule has 0 radical (unpaired) electrons. The quantitative estimate of drug-likeness (QED) is 0.246. The zero-order valence-corrected chi connectivity index (χ0v) is 23.6. The van der Waals surface area contributed by atoms with E-state index in [1.54, 1.807) is 37.9 Å². The number of carbonyl (C=O) groups is 2. The number of nitrogens with one attached hydrogen (secondary N) is 2. The van der Waals surface area contributed by atoms with Crippen molar-refractivity contribution in [2.75, 3.05) is 31.6 Å². The molecular weight excluding hydrogens is 566 g/mol. The number of alkyl carbamates (subject to hydrolysis) is 1. The molecule has 0 spiro atoms. The number of fused-ring (bicyclic) bond motifs is 1. The van der Waals surface area contributed by atoms with Crippen molar-refractivity contribution in [3.8, 4) is 10.4 Å². The number of anilines is 1. The summed E-state index contributed by atoms with van der Waals surface area (Å²) in [5, 5.41) is 6.91. The monoisotopic (exact) mass is 597 g/mol. The van der Waals surface area contributed by atoms with Crippen LogP contribution in [0.1, 0.15) is 33.6 Å². The number of carbonyl (C=O) groups excluding carboxylic acids is 2. The molecule has 1 saturated heterocycles. The summed E-state index contributed by atoms with van der Waals surface area (Å²) in [6.07, 6.45) is -2.85. The first kappa shape index (κ1) is 30.4. The molecule has 0 saturated carbocycles. The lowest BCUT2D eigenvalue weighted by Gasteiger charge is -2.35. The zero-order chi connectivity index (χ0) is 29.8. The number of pyridine rings is 1. The summed E-state index contributed by atoms with van der Waals surface area (Å²) >= 11 is 1.19. The van der Waals surface area contributed by atoms with Gasteiger partial charge in [-0.1, -0.05) is 23.5 Å². The highest BCUT2D eigenvalue weighted by molar-refractivity contribution is 7.19. The number of hydrogen-bond acceptors (Lipinski definition) is 8. The lowest BCUT2D eigenvalue weighted by atomic mass is 9.96. The van der Waals surface area contributed by atoms with Crippen LogP contribution in [0.15, 0.2) is 36.7 Å². The van der Waals surface area contributed by atoms with Crippen LogP contribution in [0.2, 0.25) is 0 Å². The number of aromatic nitrogens is 2. The number of rotatable bonds is 7. The third-order valence-electron chi connectivity index (χ3n) is 6.35. The number of thiazole rings is 1. The summed E-state index contributed by atoms with van der Waals surface area (Å²) < 4.78 is 63.3. The molecule has 3 heterocycles. The normalized spacial score (nSPS) is 15.9. The molecule has 3 aromatic rings. The van der Waals surface area contributed by atoms with Gasteiger partial charge in [-0.25, -0.2) is 19.6 Å². The number of benzene rings is 1. The fourth-order valence-corrected chi connectivity index (χ4v) is 5.20. The second-order valence-electron chi connectivity index (χ2n) is 10.8. The average Bonchev–Trinajstić information content (AvgIpc) is 3.34. The lowest BCUT2D eigenvalue weighted by molar-refractivity contribution is -0.185. The molecule has 2 N–H and O–H groups in total. The topological polar surface area (TPSA) is 106 Å². The Labute approximate surface area is 238 Å². The van der Waals surface area contributed by atoms with E-state index >= 15 is 0 Å². The molecular formula is C27H31F4N5O4S. The van der Waals surface area contributed by atoms with E-state index in [1.165, 1.54) is 23.6 Å². The Morgan fingerprint density at radius 3 is 2.49 bits per heavy atom. The van der Waals surface area contributed by atoms with Crippen molar-refractivity contribution in [3.63, 3.8) is 0 Å². The van der Waals surface area contributed by atoms with Gasteiger partial charge < -0.3 is 19.7 Å². The van der Waals surface area contributed by atoms with Gasteiger partial charge in [0.1, 0.15) is 12.2 Å². The van der Waals surface area contributed by atoms with Crippen molar-refractivity contribution in [2.45, 2.75) is 51.4 Å². The van der Waals surface area contributed by atoms with Gasteiger partial charge in [-0.05, 0) is 63.7 Å². The SMILES string of the molecule is CC(C)(C)OC(=O)N[C@H](COC(=O)Nc1ncc(-c2ccc3cnc(F)cc3c2)s1)CN1CCC(C(F)(F)F)CC1. The van der Waals surface area contributed by atoms with Crippen LogP contribution in [0.3, 0.4) is 0 Å². The highest BCUT2D eigenvalue weighted by Gasteiger charge is 2.41. The van der Waals surface area contributed by atoms with Crippen LogP contribution < -0.4 is 10.6 Å². The molecule has 1 aliphatic heterocycles. The fraction of sp³-hybridized carbons (Fsp3) is 0.481. The maximum Gasteiger partial charge on any atom is 0.413 e. The minimum atomic E-state index is -4.24. The maximum absolute atomic E-state index is 13.5. The van der Waals surface area contributed by atoms with E-state index in [0.29, 0.717) is 5.39 Å². The fourth-order valence-electron chi connectivity index (χ4n) is 4.40. The van der Waals surface area contributed by atoms with Crippen molar-refractivity contribution < 1.29 is 36.6 Å². The Morgan fingerprint density at radius 2 is 1.80 bits per heavy atom. The van der Waals surface area contributed by atoms with E-state index in [9.17, 15) is 27.2 Å². The Morgan fingerprint density at radius 1 is 1.07 bits per heavy atom. The molecule has 2 amide bonds. The van der Waals surface area contributed by atoms with Crippen LogP contribution in [-0.2, 0) is 9.47 Å². The van der Waals surface area contributed by atoms with E-state index in [2.05, 4.69) is 20.6 Å². The summed E-state index contributed by atoms with van der Waals surface area (Å²) in [4.78, 5) is 35.3. The van der Waals surface area contributed by atoms with Gasteiger partial charge in [-0.15, -0.1) is 0 Å². The van der Waals surface area contributed by atoms with Crippen molar-refractivity contribution in [2.24, 2.45) is 5.92 Å². The Hall–Kier alpha value is -3.52. The molecule has 1 atom stereocenters. The molecule has 0 aliphatic carbocycles. The first-order chi connectivity index (χ1) is 19.2. The summed E-state index contributed by atoms with van der Waals surface area (Å²) in [6.45, 7) is 5.42. The summed E-state index contributed by atoms with van der Waals surface area (Å²) in [6, 6.07) is 6.04. The number of halogens is 4. The molecule has 2 aromatic heterocycles. The van der Waals surface area contributed by atoms with E-state index in [1.807, 2.05) is 12.1 Å². The first-order valence-corrected chi connectivity index (χ1v) is 13.8. The van der Waals surface area contributed by atoms with Gasteiger partial charge in [0.2, 0.25) is 5.95 Å². The molecule has 222 valence electrons. The third-order valence-corrected chi connectivity index (χ3v) is 7.31. The molecule has 1 aliphatic rings. The van der Waals surface area contributed by atoms with Gasteiger partial charge >= 0.3 is 18.4 Å². The number of nitrogens with zero attached hydrogens (tertiary/aromatic N) is 3. The molecule has 9 nitrogen and oxygen atoms in total. The average molecular weight is 598 g/mol. The van der Waals surface area contributed by atoms with Crippen LogP contribution in [0.5, 0.6) is 0 Å². The van der Waals surface area contributed by atoms with Crippen LogP contribution >= 0.6 is 11.3 Å². The second-order valence-corrected chi connectivity index (χ2v) is 11.8.